The molecule has 0 bridgehead atoms. The van der Waals surface area contributed by atoms with Crippen LogP contribution < -0.4 is 11.1 Å². The maximum atomic E-state index is 12.4. The van der Waals surface area contributed by atoms with Crippen LogP contribution >= 0.6 is 0 Å². The molecule has 1 aliphatic carbocycles. The Kier molecular flexibility index (Phi) is 4.56. The first-order chi connectivity index (χ1) is 9.95. The van der Waals surface area contributed by atoms with Crippen LogP contribution in [-0.2, 0) is 7.05 Å². The van der Waals surface area contributed by atoms with Gasteiger partial charge in [-0.15, -0.1) is 0 Å². The maximum Gasteiger partial charge on any atom is 0.322 e. The third-order valence-electron chi connectivity index (χ3n) is 4.12. The summed E-state index contributed by atoms with van der Waals surface area (Å²) >= 11 is 0. The molecule has 0 radical (unpaired) electrons. The third-order valence-corrected chi connectivity index (χ3v) is 4.12. The second-order valence-electron chi connectivity index (χ2n) is 5.52. The number of nitrogens with two attached hydrogens (primary N) is 1. The highest BCUT2D eigenvalue weighted by Crippen LogP contribution is 2.26. The van der Waals surface area contributed by atoms with Crippen LogP contribution in [0.2, 0.25) is 0 Å². The van der Waals surface area contributed by atoms with Crippen molar-refractivity contribution in [2.75, 3.05) is 6.54 Å². The smallest absolute Gasteiger partial charge is 0.322 e. The minimum atomic E-state index is -0.557. The highest BCUT2D eigenvalue weighted by Gasteiger charge is 2.32. The van der Waals surface area contributed by atoms with E-state index in [0.29, 0.717) is 6.54 Å². The van der Waals surface area contributed by atoms with Crippen molar-refractivity contribution in [1.82, 2.24) is 15.1 Å². The summed E-state index contributed by atoms with van der Waals surface area (Å²) in [5.74, 6) is -0.216. The van der Waals surface area contributed by atoms with Crippen LogP contribution in [0.25, 0.3) is 0 Å². The second kappa shape index (κ2) is 6.21. The molecule has 1 aromatic heterocycles. The van der Waals surface area contributed by atoms with Crippen LogP contribution in [0.1, 0.15) is 41.9 Å². The number of carbonyl (C=O) groups is 1. The Morgan fingerprint density at radius 1 is 1.52 bits per heavy atom. The number of rotatable bonds is 4. The van der Waals surface area contributed by atoms with Crippen LogP contribution in [0.3, 0.4) is 0 Å². The van der Waals surface area contributed by atoms with Crippen molar-refractivity contribution < 1.29 is 9.72 Å². The fourth-order valence-electron chi connectivity index (χ4n) is 3.04. The Hall–Kier alpha value is -1.96. The molecule has 1 amide bonds. The number of aromatic nitrogens is 2. The van der Waals surface area contributed by atoms with Gasteiger partial charge in [-0.25, -0.2) is 0 Å². The highest BCUT2D eigenvalue weighted by atomic mass is 16.6. The van der Waals surface area contributed by atoms with Crippen LogP contribution in [0.4, 0.5) is 5.69 Å². The lowest BCUT2D eigenvalue weighted by Crippen LogP contribution is -2.45. The molecule has 2 atom stereocenters. The van der Waals surface area contributed by atoms with Crippen molar-refractivity contribution in [2.24, 2.45) is 18.7 Å². The van der Waals surface area contributed by atoms with Gasteiger partial charge in [-0.3, -0.25) is 19.6 Å². The number of carbonyl (C=O) groups excluding carboxylic acids is 1. The molecule has 0 spiro atoms. The molecule has 21 heavy (non-hydrogen) atoms. The van der Waals surface area contributed by atoms with Crippen LogP contribution in [-0.4, -0.2) is 33.2 Å². The molecule has 1 heterocycles. The summed E-state index contributed by atoms with van der Waals surface area (Å²) in [5.41, 5.74) is 5.76. The van der Waals surface area contributed by atoms with Gasteiger partial charge in [-0.2, -0.15) is 5.10 Å². The van der Waals surface area contributed by atoms with E-state index in [9.17, 15) is 14.9 Å². The second-order valence-corrected chi connectivity index (χ2v) is 5.52. The van der Waals surface area contributed by atoms with Gasteiger partial charge in [-0.1, -0.05) is 12.8 Å². The molecule has 8 nitrogen and oxygen atoms in total. The molecule has 2 unspecified atom stereocenters. The van der Waals surface area contributed by atoms with E-state index in [2.05, 4.69) is 10.4 Å². The minimum absolute atomic E-state index is 0.00107. The van der Waals surface area contributed by atoms with E-state index in [-0.39, 0.29) is 29.0 Å². The van der Waals surface area contributed by atoms with Gasteiger partial charge in [0.25, 0.3) is 5.91 Å². The summed E-state index contributed by atoms with van der Waals surface area (Å²) in [6.07, 6.45) is 3.99. The van der Waals surface area contributed by atoms with Gasteiger partial charge in [0.2, 0.25) is 5.69 Å². The largest absolute Gasteiger partial charge is 0.347 e. The Balaban J connectivity index is 2.22. The van der Waals surface area contributed by atoms with Crippen LogP contribution in [0, 0.1) is 23.0 Å². The predicted octanol–water partition coefficient (Wildman–Crippen LogP) is 0.884. The fourth-order valence-corrected chi connectivity index (χ4v) is 3.04. The number of nitro groups is 1. The van der Waals surface area contributed by atoms with Crippen molar-refractivity contribution in [3.05, 3.63) is 21.5 Å². The number of amides is 1. The number of nitrogens with one attached hydrogen (secondary N) is 1. The maximum absolute atomic E-state index is 12.4. The van der Waals surface area contributed by atoms with Crippen molar-refractivity contribution in [1.29, 1.82) is 0 Å². The van der Waals surface area contributed by atoms with Gasteiger partial charge < -0.3 is 11.1 Å². The zero-order valence-corrected chi connectivity index (χ0v) is 12.3. The average molecular weight is 295 g/mol. The van der Waals surface area contributed by atoms with E-state index in [0.717, 1.165) is 25.7 Å². The molecule has 1 saturated carbocycles. The molecule has 0 aromatic carbocycles. The molecule has 8 heteroatoms. The standard InChI is InChI=1S/C13H21N5O3/c1-8-11(18(20)21)12(17(2)16-8)13(19)15-10-6-4-3-5-9(10)7-14/h9-10H,3-7,14H2,1-2H3,(H,15,19). The number of hydrogen-bond acceptors (Lipinski definition) is 5. The number of hydrogen-bond donors (Lipinski definition) is 2. The summed E-state index contributed by atoms with van der Waals surface area (Å²) in [4.78, 5) is 23.0. The van der Waals surface area contributed by atoms with Crippen LogP contribution in [0.15, 0.2) is 0 Å². The predicted molar refractivity (Wildman–Crippen MR) is 76.9 cm³/mol. The lowest BCUT2D eigenvalue weighted by Gasteiger charge is -2.31. The molecule has 3 N–H and O–H groups in total. The first kappa shape index (κ1) is 15.4. The highest BCUT2D eigenvalue weighted by molar-refractivity contribution is 5.97. The summed E-state index contributed by atoms with van der Waals surface area (Å²) in [6.45, 7) is 2.04. The average Bonchev–Trinajstić information content (AvgIpc) is 2.74. The molecule has 2 rings (SSSR count). The van der Waals surface area contributed by atoms with Gasteiger partial charge in [0, 0.05) is 13.1 Å². The molecule has 1 fully saturated rings. The molecule has 0 saturated heterocycles. The normalized spacial score (nSPS) is 22.0. The van der Waals surface area contributed by atoms with Crippen molar-refractivity contribution in [3.8, 4) is 0 Å². The molecule has 0 aliphatic heterocycles. The van der Waals surface area contributed by atoms with E-state index in [1.54, 1.807) is 0 Å². The summed E-state index contributed by atoms with van der Waals surface area (Å²) in [6, 6.07) is -0.0222. The van der Waals surface area contributed by atoms with Gasteiger partial charge in [-0.05, 0) is 32.2 Å². The van der Waals surface area contributed by atoms with E-state index < -0.39 is 10.8 Å². The quantitative estimate of drug-likeness (QED) is 0.632. The first-order valence-corrected chi connectivity index (χ1v) is 7.14. The Morgan fingerprint density at radius 3 is 2.81 bits per heavy atom. The Morgan fingerprint density at radius 2 is 2.19 bits per heavy atom. The summed E-state index contributed by atoms with van der Waals surface area (Å²) < 4.78 is 1.27. The lowest BCUT2D eigenvalue weighted by molar-refractivity contribution is -0.385. The minimum Gasteiger partial charge on any atom is -0.347 e. The molecular weight excluding hydrogens is 274 g/mol. The Labute approximate surface area is 122 Å². The van der Waals surface area contributed by atoms with Gasteiger partial charge >= 0.3 is 5.69 Å². The number of nitrogens with zero attached hydrogens (tertiary/aromatic N) is 3. The van der Waals surface area contributed by atoms with E-state index in [4.69, 9.17) is 5.73 Å². The number of aryl methyl sites for hydroxylation is 2. The fraction of sp³-hybridized carbons (Fsp3) is 0.692. The monoisotopic (exact) mass is 295 g/mol. The van der Waals surface area contributed by atoms with Gasteiger partial charge in [0.1, 0.15) is 5.69 Å². The summed E-state index contributed by atoms with van der Waals surface area (Å²) in [5, 5.41) is 18.0. The van der Waals surface area contributed by atoms with E-state index in [1.807, 2.05) is 0 Å². The molecule has 116 valence electrons. The summed E-state index contributed by atoms with van der Waals surface area (Å²) in [7, 11) is 1.54. The zero-order chi connectivity index (χ0) is 15.6. The third kappa shape index (κ3) is 3.05. The molecule has 1 aliphatic rings. The Bertz CT molecular complexity index is 554. The van der Waals surface area contributed by atoms with Crippen molar-refractivity contribution in [2.45, 2.75) is 38.6 Å². The lowest BCUT2D eigenvalue weighted by atomic mass is 9.84. The first-order valence-electron chi connectivity index (χ1n) is 7.14. The molecular formula is C13H21N5O3. The van der Waals surface area contributed by atoms with Crippen LogP contribution in [0.5, 0.6) is 0 Å². The van der Waals surface area contributed by atoms with E-state index in [1.165, 1.54) is 18.7 Å². The molecule has 1 aromatic rings. The topological polar surface area (TPSA) is 116 Å². The van der Waals surface area contributed by atoms with E-state index >= 15 is 0 Å². The zero-order valence-electron chi connectivity index (χ0n) is 12.3. The SMILES string of the molecule is Cc1nn(C)c(C(=O)NC2CCCCC2CN)c1[N+](=O)[O-]. The van der Waals surface area contributed by atoms with Gasteiger partial charge in [0.15, 0.2) is 0 Å². The van der Waals surface area contributed by atoms with Gasteiger partial charge in [0.05, 0.1) is 4.92 Å². The van der Waals surface area contributed by atoms with Crippen molar-refractivity contribution in [3.63, 3.8) is 0 Å². The van der Waals surface area contributed by atoms with Crippen molar-refractivity contribution >= 4 is 11.6 Å².